The summed E-state index contributed by atoms with van der Waals surface area (Å²) in [5.74, 6) is 0.646. The van der Waals surface area contributed by atoms with Gasteiger partial charge in [0.25, 0.3) is 0 Å². The van der Waals surface area contributed by atoms with Gasteiger partial charge in [0.15, 0.2) is 0 Å². The van der Waals surface area contributed by atoms with Gasteiger partial charge in [-0.2, -0.15) is 5.26 Å². The van der Waals surface area contributed by atoms with Gasteiger partial charge in [0.2, 0.25) is 0 Å². The first-order valence-corrected chi connectivity index (χ1v) is 5.71. The van der Waals surface area contributed by atoms with Crippen molar-refractivity contribution in [2.45, 2.75) is 6.92 Å². The van der Waals surface area contributed by atoms with Crippen molar-refractivity contribution >= 4 is 11.9 Å². The molecule has 0 aliphatic carbocycles. The van der Waals surface area contributed by atoms with Crippen molar-refractivity contribution < 1.29 is 9.90 Å². The number of amides is 1. The highest BCUT2D eigenvalue weighted by atomic mass is 16.4. The first-order valence-electron chi connectivity index (χ1n) is 5.71. The van der Waals surface area contributed by atoms with Crippen LogP contribution in [-0.4, -0.2) is 47.3 Å². The summed E-state index contributed by atoms with van der Waals surface area (Å²) in [7, 11) is 0. The maximum absolute atomic E-state index is 10.8. The smallest absolute Gasteiger partial charge is 0.407 e. The van der Waals surface area contributed by atoms with Gasteiger partial charge in [0, 0.05) is 32.4 Å². The maximum atomic E-state index is 10.8. The summed E-state index contributed by atoms with van der Waals surface area (Å²) >= 11 is 0. The van der Waals surface area contributed by atoms with Crippen LogP contribution in [0.2, 0.25) is 0 Å². The van der Waals surface area contributed by atoms with Gasteiger partial charge >= 0.3 is 6.09 Å². The van der Waals surface area contributed by atoms with Gasteiger partial charge in [0.1, 0.15) is 11.9 Å². The zero-order chi connectivity index (χ0) is 13.1. The zero-order valence-electron chi connectivity index (χ0n) is 10.1. The lowest BCUT2D eigenvalue weighted by molar-refractivity contribution is 0.142. The number of aromatic nitrogens is 1. The largest absolute Gasteiger partial charge is 0.465 e. The van der Waals surface area contributed by atoms with Crippen LogP contribution in [-0.2, 0) is 0 Å². The van der Waals surface area contributed by atoms with E-state index in [2.05, 4.69) is 11.1 Å². The van der Waals surface area contributed by atoms with Gasteiger partial charge in [-0.3, -0.25) is 0 Å². The number of pyridine rings is 1. The average molecular weight is 246 g/mol. The first kappa shape index (κ1) is 12.2. The maximum Gasteiger partial charge on any atom is 0.407 e. The Morgan fingerprint density at radius 3 is 2.67 bits per heavy atom. The predicted octanol–water partition coefficient (Wildman–Crippen LogP) is 1.06. The van der Waals surface area contributed by atoms with Gasteiger partial charge in [-0.1, -0.05) is 0 Å². The summed E-state index contributed by atoms with van der Waals surface area (Å²) in [6.07, 6.45) is 0.826. The Hall–Kier alpha value is -2.29. The fourth-order valence-electron chi connectivity index (χ4n) is 2.01. The third-order valence-electron chi connectivity index (χ3n) is 2.97. The van der Waals surface area contributed by atoms with Crippen molar-refractivity contribution in [2.24, 2.45) is 0 Å². The molecule has 2 heterocycles. The van der Waals surface area contributed by atoms with Gasteiger partial charge < -0.3 is 14.9 Å². The Morgan fingerprint density at radius 1 is 1.44 bits per heavy atom. The molecular weight excluding hydrogens is 232 g/mol. The lowest BCUT2D eigenvalue weighted by atomic mass is 10.2. The summed E-state index contributed by atoms with van der Waals surface area (Å²) in [4.78, 5) is 18.4. The number of carbonyl (C=O) groups is 1. The van der Waals surface area contributed by atoms with Crippen LogP contribution in [0.1, 0.15) is 11.1 Å². The van der Waals surface area contributed by atoms with Crippen molar-refractivity contribution in [1.29, 1.82) is 5.26 Å². The average Bonchev–Trinajstić information content (AvgIpc) is 2.38. The normalized spacial score (nSPS) is 15.3. The van der Waals surface area contributed by atoms with Gasteiger partial charge in [0.05, 0.1) is 5.56 Å². The molecule has 0 atom stereocenters. The zero-order valence-corrected chi connectivity index (χ0v) is 10.1. The van der Waals surface area contributed by atoms with Crippen LogP contribution in [0.25, 0.3) is 0 Å². The Balaban J connectivity index is 2.15. The SMILES string of the molecule is Cc1cnc(N2CCN(C(=O)O)CC2)c(C#N)c1. The number of hydrogen-bond acceptors (Lipinski definition) is 4. The van der Waals surface area contributed by atoms with E-state index >= 15 is 0 Å². The molecule has 1 amide bonds. The second kappa shape index (κ2) is 4.92. The molecule has 0 spiro atoms. The number of hydrogen-bond donors (Lipinski definition) is 1. The molecule has 0 radical (unpaired) electrons. The van der Waals surface area contributed by atoms with Crippen molar-refractivity contribution in [3.8, 4) is 6.07 Å². The van der Waals surface area contributed by atoms with Crippen LogP contribution in [0.4, 0.5) is 10.6 Å². The highest BCUT2D eigenvalue weighted by Gasteiger charge is 2.22. The molecule has 6 heteroatoms. The Kier molecular flexibility index (Phi) is 3.33. The number of carboxylic acid groups (broad SMARTS) is 1. The molecule has 2 rings (SSSR count). The molecule has 18 heavy (non-hydrogen) atoms. The quantitative estimate of drug-likeness (QED) is 0.801. The summed E-state index contributed by atoms with van der Waals surface area (Å²) in [6, 6.07) is 3.93. The molecule has 1 aliphatic heterocycles. The number of rotatable bonds is 1. The molecule has 0 saturated carbocycles. The fourth-order valence-corrected chi connectivity index (χ4v) is 2.01. The minimum Gasteiger partial charge on any atom is -0.465 e. The van der Waals surface area contributed by atoms with Gasteiger partial charge in [-0.15, -0.1) is 0 Å². The lowest BCUT2D eigenvalue weighted by Gasteiger charge is -2.34. The number of nitriles is 1. The summed E-state index contributed by atoms with van der Waals surface area (Å²) in [5, 5.41) is 18.0. The Labute approximate surface area is 105 Å². The standard InChI is InChI=1S/C12H14N4O2/c1-9-6-10(7-13)11(14-8-9)15-2-4-16(5-3-15)12(17)18/h6,8H,2-5H2,1H3,(H,17,18). The van der Waals surface area contributed by atoms with E-state index in [0.29, 0.717) is 37.6 Å². The number of nitrogens with zero attached hydrogens (tertiary/aromatic N) is 4. The van der Waals surface area contributed by atoms with Crippen LogP contribution in [0.5, 0.6) is 0 Å². The van der Waals surface area contributed by atoms with Crippen molar-refractivity contribution in [3.63, 3.8) is 0 Å². The van der Waals surface area contributed by atoms with Gasteiger partial charge in [-0.05, 0) is 18.6 Å². The molecule has 1 fully saturated rings. The molecule has 1 N–H and O–H groups in total. The molecule has 94 valence electrons. The van der Waals surface area contributed by atoms with E-state index in [1.807, 2.05) is 11.8 Å². The van der Waals surface area contributed by atoms with Crippen LogP contribution < -0.4 is 4.90 Å². The molecule has 0 unspecified atom stereocenters. The van der Waals surface area contributed by atoms with Crippen LogP contribution in [0, 0.1) is 18.3 Å². The third kappa shape index (κ3) is 2.35. The molecule has 0 bridgehead atoms. The van der Waals surface area contributed by atoms with Crippen LogP contribution in [0.3, 0.4) is 0 Å². The molecular formula is C12H14N4O2. The van der Waals surface area contributed by atoms with E-state index in [1.54, 1.807) is 12.3 Å². The van der Waals surface area contributed by atoms with E-state index in [-0.39, 0.29) is 0 Å². The first-order chi connectivity index (χ1) is 8.61. The summed E-state index contributed by atoms with van der Waals surface area (Å²) in [5.41, 5.74) is 1.48. The van der Waals surface area contributed by atoms with Crippen molar-refractivity contribution in [3.05, 3.63) is 23.4 Å². The number of anilines is 1. The summed E-state index contributed by atoms with van der Waals surface area (Å²) < 4.78 is 0. The van der Waals surface area contributed by atoms with Crippen LogP contribution in [0.15, 0.2) is 12.3 Å². The second-order valence-electron chi connectivity index (χ2n) is 4.25. The lowest BCUT2D eigenvalue weighted by Crippen LogP contribution is -2.48. The Morgan fingerprint density at radius 2 is 2.11 bits per heavy atom. The monoisotopic (exact) mass is 246 g/mol. The van der Waals surface area contributed by atoms with E-state index < -0.39 is 6.09 Å². The molecule has 1 aliphatic rings. The van der Waals surface area contributed by atoms with Gasteiger partial charge in [-0.25, -0.2) is 9.78 Å². The van der Waals surface area contributed by atoms with Crippen LogP contribution >= 0.6 is 0 Å². The predicted molar refractivity (Wildman–Crippen MR) is 65.5 cm³/mol. The van der Waals surface area contributed by atoms with E-state index in [1.165, 1.54) is 4.90 Å². The summed E-state index contributed by atoms with van der Waals surface area (Å²) in [6.45, 7) is 3.90. The van der Waals surface area contributed by atoms with E-state index in [9.17, 15) is 4.79 Å². The van der Waals surface area contributed by atoms with Crippen molar-refractivity contribution in [2.75, 3.05) is 31.1 Å². The minimum absolute atomic E-state index is 0.440. The fraction of sp³-hybridized carbons (Fsp3) is 0.417. The topological polar surface area (TPSA) is 80.5 Å². The second-order valence-corrected chi connectivity index (χ2v) is 4.25. The van der Waals surface area contributed by atoms with E-state index in [0.717, 1.165) is 5.56 Å². The molecule has 1 aromatic rings. The van der Waals surface area contributed by atoms with Crippen molar-refractivity contribution in [1.82, 2.24) is 9.88 Å². The highest BCUT2D eigenvalue weighted by molar-refractivity contribution is 5.65. The number of piperazine rings is 1. The number of aryl methyl sites for hydroxylation is 1. The van der Waals surface area contributed by atoms with E-state index in [4.69, 9.17) is 10.4 Å². The minimum atomic E-state index is -0.896. The Bertz CT molecular complexity index is 501. The third-order valence-corrected chi connectivity index (χ3v) is 2.97. The molecule has 0 aromatic carbocycles. The molecule has 1 aromatic heterocycles. The molecule has 1 saturated heterocycles. The highest BCUT2D eigenvalue weighted by Crippen LogP contribution is 2.19. The molecule has 6 nitrogen and oxygen atoms in total.